The molecule has 0 saturated carbocycles. The van der Waals surface area contributed by atoms with Gasteiger partial charge in [-0.05, 0) is 49.4 Å². The number of hydrogen-bond donors (Lipinski definition) is 3. The van der Waals surface area contributed by atoms with Crippen LogP contribution in [-0.4, -0.2) is 22.0 Å². The van der Waals surface area contributed by atoms with Crippen LogP contribution in [0.3, 0.4) is 0 Å². The van der Waals surface area contributed by atoms with E-state index in [9.17, 15) is 14.4 Å². The summed E-state index contributed by atoms with van der Waals surface area (Å²) < 4.78 is 0. The van der Waals surface area contributed by atoms with Gasteiger partial charge in [-0.1, -0.05) is 0 Å². The average Bonchev–Trinajstić information content (AvgIpc) is 3.01. The maximum absolute atomic E-state index is 12.2. The Bertz CT molecular complexity index is 822. The van der Waals surface area contributed by atoms with Crippen LogP contribution in [0.5, 0.6) is 0 Å². The number of rotatable bonds is 4. The summed E-state index contributed by atoms with van der Waals surface area (Å²) in [6, 6.07) is 4.84. The highest BCUT2D eigenvalue weighted by atomic mass is 32.1. The first-order valence-electron chi connectivity index (χ1n) is 7.40. The molecular formula is C16H16N2O4S. The molecule has 2 aromatic heterocycles. The van der Waals surface area contributed by atoms with Gasteiger partial charge < -0.3 is 15.4 Å². The molecule has 120 valence electrons. The lowest BCUT2D eigenvalue weighted by atomic mass is 9.95. The molecule has 23 heavy (non-hydrogen) atoms. The van der Waals surface area contributed by atoms with Crippen LogP contribution in [0.25, 0.3) is 0 Å². The van der Waals surface area contributed by atoms with Crippen molar-refractivity contribution in [2.45, 2.75) is 32.2 Å². The van der Waals surface area contributed by atoms with E-state index in [1.54, 1.807) is 12.1 Å². The maximum atomic E-state index is 12.2. The summed E-state index contributed by atoms with van der Waals surface area (Å²) in [5.74, 6) is -1.43. The molecule has 1 amide bonds. The van der Waals surface area contributed by atoms with E-state index in [2.05, 4.69) is 10.3 Å². The van der Waals surface area contributed by atoms with E-state index in [0.717, 1.165) is 53.2 Å². The highest BCUT2D eigenvalue weighted by Crippen LogP contribution is 2.19. The van der Waals surface area contributed by atoms with E-state index in [0.29, 0.717) is 0 Å². The summed E-state index contributed by atoms with van der Waals surface area (Å²) in [5, 5.41) is 11.6. The fourth-order valence-corrected chi connectivity index (χ4v) is 3.48. The number of aromatic amines is 1. The molecule has 0 unspecified atom stereocenters. The number of thiophene rings is 1. The van der Waals surface area contributed by atoms with Crippen molar-refractivity contribution in [1.29, 1.82) is 0 Å². The van der Waals surface area contributed by atoms with E-state index in [4.69, 9.17) is 5.11 Å². The summed E-state index contributed by atoms with van der Waals surface area (Å²) in [7, 11) is 0. The number of aromatic carboxylic acids is 1. The Kier molecular flexibility index (Phi) is 4.29. The lowest BCUT2D eigenvalue weighted by Crippen LogP contribution is -2.30. The van der Waals surface area contributed by atoms with Gasteiger partial charge in [0.15, 0.2) is 0 Å². The third-order valence-electron chi connectivity index (χ3n) is 3.88. The zero-order valence-electron chi connectivity index (χ0n) is 12.3. The van der Waals surface area contributed by atoms with Crippen molar-refractivity contribution < 1.29 is 14.7 Å². The number of amides is 1. The Balaban J connectivity index is 1.72. The fraction of sp³-hybridized carbons (Fsp3) is 0.312. The fourth-order valence-electron chi connectivity index (χ4n) is 2.69. The molecule has 2 aromatic rings. The van der Waals surface area contributed by atoms with Gasteiger partial charge in [0.05, 0.1) is 6.54 Å². The van der Waals surface area contributed by atoms with Crippen molar-refractivity contribution in [3.8, 4) is 0 Å². The Morgan fingerprint density at radius 2 is 2.04 bits per heavy atom. The van der Waals surface area contributed by atoms with Gasteiger partial charge in [-0.25, -0.2) is 4.79 Å². The number of aryl methyl sites for hydroxylation is 2. The highest BCUT2D eigenvalue weighted by Gasteiger charge is 2.17. The second-order valence-electron chi connectivity index (χ2n) is 5.48. The van der Waals surface area contributed by atoms with Crippen LogP contribution in [-0.2, 0) is 19.4 Å². The van der Waals surface area contributed by atoms with Crippen LogP contribution in [0.2, 0.25) is 0 Å². The minimum Gasteiger partial charge on any atom is -0.477 e. The van der Waals surface area contributed by atoms with Crippen molar-refractivity contribution in [2.75, 3.05) is 0 Å². The number of aromatic nitrogens is 1. The Hall–Kier alpha value is -2.41. The van der Waals surface area contributed by atoms with Crippen LogP contribution in [0.1, 0.15) is 49.0 Å². The molecule has 0 atom stereocenters. The predicted octanol–water partition coefficient (Wildman–Crippen LogP) is 1.94. The van der Waals surface area contributed by atoms with Gasteiger partial charge in [-0.15, -0.1) is 11.3 Å². The molecule has 3 N–H and O–H groups in total. The minimum atomic E-state index is -0.987. The molecule has 0 aromatic carbocycles. The monoisotopic (exact) mass is 332 g/mol. The predicted molar refractivity (Wildman–Crippen MR) is 86.2 cm³/mol. The van der Waals surface area contributed by atoms with Crippen molar-refractivity contribution in [1.82, 2.24) is 10.3 Å². The van der Waals surface area contributed by atoms with Crippen LogP contribution in [0.15, 0.2) is 23.0 Å². The lowest BCUT2D eigenvalue weighted by molar-refractivity contribution is 0.0702. The van der Waals surface area contributed by atoms with E-state index in [-0.39, 0.29) is 22.5 Å². The first-order valence-corrected chi connectivity index (χ1v) is 8.21. The number of H-pyrrole nitrogens is 1. The Labute approximate surface area is 136 Å². The zero-order chi connectivity index (χ0) is 16.4. The van der Waals surface area contributed by atoms with Gasteiger partial charge in [0.25, 0.3) is 11.5 Å². The van der Waals surface area contributed by atoms with Gasteiger partial charge in [0.2, 0.25) is 0 Å². The van der Waals surface area contributed by atoms with Gasteiger partial charge in [0, 0.05) is 10.6 Å². The first kappa shape index (κ1) is 15.5. The third kappa shape index (κ3) is 3.34. The molecule has 0 bridgehead atoms. The van der Waals surface area contributed by atoms with Crippen LogP contribution >= 0.6 is 11.3 Å². The quantitative estimate of drug-likeness (QED) is 0.797. The minimum absolute atomic E-state index is 0.112. The molecule has 0 radical (unpaired) electrons. The van der Waals surface area contributed by atoms with Gasteiger partial charge in [0.1, 0.15) is 10.4 Å². The maximum Gasteiger partial charge on any atom is 0.345 e. The number of carbonyl (C=O) groups is 2. The molecule has 1 aliphatic carbocycles. The zero-order valence-corrected chi connectivity index (χ0v) is 13.2. The van der Waals surface area contributed by atoms with Crippen molar-refractivity contribution >= 4 is 23.2 Å². The topological polar surface area (TPSA) is 99.3 Å². The second kappa shape index (κ2) is 6.37. The largest absolute Gasteiger partial charge is 0.477 e. The Morgan fingerprint density at radius 3 is 2.78 bits per heavy atom. The Morgan fingerprint density at radius 1 is 1.26 bits per heavy atom. The summed E-state index contributed by atoms with van der Waals surface area (Å²) >= 11 is 1.11. The number of carbonyl (C=O) groups excluding carboxylic acids is 1. The molecule has 0 aliphatic heterocycles. The molecule has 1 aliphatic rings. The normalized spacial score (nSPS) is 13.4. The van der Waals surface area contributed by atoms with Crippen molar-refractivity contribution in [3.05, 3.63) is 55.1 Å². The average molecular weight is 332 g/mol. The lowest BCUT2D eigenvalue weighted by Gasteiger charge is -2.15. The molecule has 7 heteroatoms. The number of carboxylic acid groups (broad SMARTS) is 1. The SMILES string of the molecule is O=C(O)c1ccc(CNC(=O)c2cc3c([nH]c2=O)CCCC3)s1. The molecule has 0 fully saturated rings. The van der Waals surface area contributed by atoms with Gasteiger partial charge in [-0.3, -0.25) is 9.59 Å². The summed E-state index contributed by atoms with van der Waals surface area (Å²) in [4.78, 5) is 38.9. The number of nitrogens with one attached hydrogen (secondary N) is 2. The molecule has 3 rings (SSSR count). The third-order valence-corrected chi connectivity index (χ3v) is 4.95. The first-order chi connectivity index (χ1) is 11.0. The van der Waals surface area contributed by atoms with Gasteiger partial charge in [-0.2, -0.15) is 0 Å². The van der Waals surface area contributed by atoms with Crippen LogP contribution in [0.4, 0.5) is 0 Å². The summed E-state index contributed by atoms with van der Waals surface area (Å²) in [5.41, 5.74) is 1.70. The number of pyridine rings is 1. The standard InChI is InChI=1S/C16H16N2O4S/c19-14(17-8-10-5-6-13(23-10)16(21)22)11-7-9-3-1-2-4-12(9)18-15(11)20/h5-7H,1-4,8H2,(H,17,19)(H,18,20)(H,21,22). The van der Waals surface area contributed by atoms with Gasteiger partial charge >= 0.3 is 5.97 Å². The van der Waals surface area contributed by atoms with Crippen molar-refractivity contribution in [2.24, 2.45) is 0 Å². The van der Waals surface area contributed by atoms with Crippen LogP contribution in [0, 0.1) is 0 Å². The molecule has 6 nitrogen and oxygen atoms in total. The number of hydrogen-bond acceptors (Lipinski definition) is 4. The highest BCUT2D eigenvalue weighted by molar-refractivity contribution is 7.13. The molecule has 2 heterocycles. The van der Waals surface area contributed by atoms with E-state index >= 15 is 0 Å². The van der Waals surface area contributed by atoms with E-state index < -0.39 is 11.9 Å². The number of fused-ring (bicyclic) bond motifs is 1. The van der Waals surface area contributed by atoms with Crippen molar-refractivity contribution in [3.63, 3.8) is 0 Å². The van der Waals surface area contributed by atoms with E-state index in [1.807, 2.05) is 0 Å². The van der Waals surface area contributed by atoms with E-state index in [1.165, 1.54) is 6.07 Å². The smallest absolute Gasteiger partial charge is 0.345 e. The second-order valence-corrected chi connectivity index (χ2v) is 6.65. The molecular weight excluding hydrogens is 316 g/mol. The van der Waals surface area contributed by atoms with Crippen LogP contribution < -0.4 is 10.9 Å². The molecule has 0 saturated heterocycles. The molecule has 0 spiro atoms. The number of carboxylic acids is 1. The summed E-state index contributed by atoms with van der Waals surface area (Å²) in [6.07, 6.45) is 3.84. The summed E-state index contributed by atoms with van der Waals surface area (Å²) in [6.45, 7) is 0.202.